The van der Waals surface area contributed by atoms with Crippen LogP contribution in [0.25, 0.3) is 0 Å². The molecule has 1 heterocycles. The van der Waals surface area contributed by atoms with Crippen molar-refractivity contribution in [2.24, 2.45) is 0 Å². The normalized spacial score (nSPS) is 14.1. The average molecular weight is 287 g/mol. The standard InChI is InChI=1S/C16H15ClN2O/c17-15-9-6-13(10-18-15)16(20)19(14-7-8-14)11-12-4-2-1-3-5-12/h1-6,9-10,14H,7-8,11H2. The fourth-order valence-electron chi connectivity index (χ4n) is 2.20. The highest BCUT2D eigenvalue weighted by Gasteiger charge is 2.33. The molecule has 1 aliphatic rings. The summed E-state index contributed by atoms with van der Waals surface area (Å²) in [6, 6.07) is 13.8. The Bertz CT molecular complexity index is 594. The second kappa shape index (κ2) is 5.63. The van der Waals surface area contributed by atoms with Gasteiger partial charge in [0.2, 0.25) is 0 Å². The third-order valence-corrected chi connectivity index (χ3v) is 3.64. The Morgan fingerprint density at radius 3 is 2.55 bits per heavy atom. The molecule has 1 amide bonds. The summed E-state index contributed by atoms with van der Waals surface area (Å²) in [6.45, 7) is 0.646. The maximum Gasteiger partial charge on any atom is 0.255 e. The molecule has 0 radical (unpaired) electrons. The number of halogens is 1. The molecule has 1 aromatic heterocycles. The van der Waals surface area contributed by atoms with Gasteiger partial charge in [-0.15, -0.1) is 0 Å². The van der Waals surface area contributed by atoms with Gasteiger partial charge in [0, 0.05) is 18.8 Å². The van der Waals surface area contributed by atoms with E-state index in [0.29, 0.717) is 23.3 Å². The van der Waals surface area contributed by atoms with Crippen LogP contribution in [0.15, 0.2) is 48.7 Å². The van der Waals surface area contributed by atoms with E-state index < -0.39 is 0 Å². The molecule has 1 aromatic carbocycles. The first-order chi connectivity index (χ1) is 9.74. The molecule has 0 aliphatic heterocycles. The minimum Gasteiger partial charge on any atom is -0.331 e. The summed E-state index contributed by atoms with van der Waals surface area (Å²) < 4.78 is 0. The van der Waals surface area contributed by atoms with Crippen molar-refractivity contribution in [3.05, 3.63) is 64.9 Å². The molecule has 0 bridgehead atoms. The minimum atomic E-state index is 0.0283. The largest absolute Gasteiger partial charge is 0.331 e. The van der Waals surface area contributed by atoms with E-state index in [1.807, 2.05) is 35.2 Å². The molecule has 1 saturated carbocycles. The van der Waals surface area contributed by atoms with Crippen LogP contribution in [0.1, 0.15) is 28.8 Å². The Hall–Kier alpha value is -1.87. The van der Waals surface area contributed by atoms with Crippen LogP contribution in [0, 0.1) is 0 Å². The van der Waals surface area contributed by atoms with E-state index >= 15 is 0 Å². The number of benzene rings is 1. The molecular weight excluding hydrogens is 272 g/mol. The second-order valence-electron chi connectivity index (χ2n) is 5.02. The number of nitrogens with zero attached hydrogens (tertiary/aromatic N) is 2. The summed E-state index contributed by atoms with van der Waals surface area (Å²) in [4.78, 5) is 18.5. The highest BCUT2D eigenvalue weighted by atomic mass is 35.5. The molecule has 3 nitrogen and oxygen atoms in total. The zero-order valence-corrected chi connectivity index (χ0v) is 11.8. The van der Waals surface area contributed by atoms with Gasteiger partial charge in [-0.1, -0.05) is 41.9 Å². The first-order valence-electron chi connectivity index (χ1n) is 6.70. The van der Waals surface area contributed by atoms with Crippen molar-refractivity contribution in [2.45, 2.75) is 25.4 Å². The number of rotatable bonds is 4. The van der Waals surface area contributed by atoms with E-state index in [0.717, 1.165) is 18.4 Å². The third-order valence-electron chi connectivity index (χ3n) is 3.42. The average Bonchev–Trinajstić information content (AvgIpc) is 3.30. The second-order valence-corrected chi connectivity index (χ2v) is 5.41. The lowest BCUT2D eigenvalue weighted by Gasteiger charge is -2.22. The van der Waals surface area contributed by atoms with Crippen LogP contribution in [0.2, 0.25) is 5.15 Å². The first kappa shape index (κ1) is 13.1. The maximum atomic E-state index is 12.6. The highest BCUT2D eigenvalue weighted by molar-refractivity contribution is 6.29. The molecule has 2 aromatic rings. The fraction of sp³-hybridized carbons (Fsp3) is 0.250. The molecule has 3 rings (SSSR count). The van der Waals surface area contributed by atoms with Gasteiger partial charge in [-0.05, 0) is 30.5 Å². The quantitative estimate of drug-likeness (QED) is 0.806. The number of amides is 1. The van der Waals surface area contributed by atoms with Gasteiger partial charge in [-0.3, -0.25) is 4.79 Å². The Kier molecular flexibility index (Phi) is 3.70. The highest BCUT2D eigenvalue weighted by Crippen LogP contribution is 2.29. The summed E-state index contributed by atoms with van der Waals surface area (Å²) in [5, 5.41) is 0.405. The number of pyridine rings is 1. The number of aromatic nitrogens is 1. The molecule has 20 heavy (non-hydrogen) atoms. The third kappa shape index (κ3) is 2.99. The zero-order valence-electron chi connectivity index (χ0n) is 11.0. The van der Waals surface area contributed by atoms with Crippen molar-refractivity contribution >= 4 is 17.5 Å². The number of carbonyl (C=O) groups is 1. The van der Waals surface area contributed by atoms with E-state index in [9.17, 15) is 4.79 Å². The van der Waals surface area contributed by atoms with Crippen LogP contribution in [-0.4, -0.2) is 21.8 Å². The summed E-state index contributed by atoms with van der Waals surface area (Å²) in [6.07, 6.45) is 3.71. The molecule has 0 unspecified atom stereocenters. The van der Waals surface area contributed by atoms with Crippen molar-refractivity contribution in [3.8, 4) is 0 Å². The van der Waals surface area contributed by atoms with Crippen LogP contribution in [0.3, 0.4) is 0 Å². The number of hydrogen-bond acceptors (Lipinski definition) is 2. The number of carbonyl (C=O) groups excluding carboxylic acids is 1. The summed E-state index contributed by atoms with van der Waals surface area (Å²) in [7, 11) is 0. The summed E-state index contributed by atoms with van der Waals surface area (Å²) in [5.41, 5.74) is 1.74. The Morgan fingerprint density at radius 2 is 1.95 bits per heavy atom. The molecule has 0 spiro atoms. The van der Waals surface area contributed by atoms with Gasteiger partial charge < -0.3 is 4.90 Å². The lowest BCUT2D eigenvalue weighted by atomic mass is 10.2. The van der Waals surface area contributed by atoms with Crippen LogP contribution in [0.5, 0.6) is 0 Å². The van der Waals surface area contributed by atoms with Gasteiger partial charge in [-0.2, -0.15) is 0 Å². The monoisotopic (exact) mass is 286 g/mol. The minimum absolute atomic E-state index is 0.0283. The van der Waals surface area contributed by atoms with Gasteiger partial charge >= 0.3 is 0 Å². The molecular formula is C16H15ClN2O. The smallest absolute Gasteiger partial charge is 0.255 e. The molecule has 0 atom stereocenters. The van der Waals surface area contributed by atoms with Crippen molar-refractivity contribution in [2.75, 3.05) is 0 Å². The maximum absolute atomic E-state index is 12.6. The molecule has 0 saturated heterocycles. The number of hydrogen-bond donors (Lipinski definition) is 0. The first-order valence-corrected chi connectivity index (χ1v) is 7.08. The molecule has 1 fully saturated rings. The van der Waals surface area contributed by atoms with Crippen molar-refractivity contribution in [3.63, 3.8) is 0 Å². The van der Waals surface area contributed by atoms with Gasteiger partial charge in [0.15, 0.2) is 0 Å². The lowest BCUT2D eigenvalue weighted by molar-refractivity contribution is 0.0729. The van der Waals surface area contributed by atoms with Crippen LogP contribution < -0.4 is 0 Å². The Labute approximate surface area is 123 Å². The van der Waals surface area contributed by atoms with E-state index in [1.54, 1.807) is 18.3 Å². The van der Waals surface area contributed by atoms with Gasteiger partial charge in [0.25, 0.3) is 5.91 Å². The Balaban J connectivity index is 1.80. The molecule has 102 valence electrons. The molecule has 1 aliphatic carbocycles. The zero-order chi connectivity index (χ0) is 13.9. The Morgan fingerprint density at radius 1 is 1.20 bits per heavy atom. The van der Waals surface area contributed by atoms with Crippen molar-refractivity contribution in [1.82, 2.24) is 9.88 Å². The fourth-order valence-corrected chi connectivity index (χ4v) is 2.31. The van der Waals surface area contributed by atoms with E-state index in [-0.39, 0.29) is 5.91 Å². The van der Waals surface area contributed by atoms with Gasteiger partial charge in [-0.25, -0.2) is 4.98 Å². The predicted molar refractivity (Wildman–Crippen MR) is 78.6 cm³/mol. The van der Waals surface area contributed by atoms with Gasteiger partial charge in [0.05, 0.1) is 5.56 Å². The summed E-state index contributed by atoms with van der Waals surface area (Å²) >= 11 is 5.76. The predicted octanol–water partition coefficient (Wildman–Crippen LogP) is 3.54. The van der Waals surface area contributed by atoms with E-state index in [2.05, 4.69) is 4.98 Å². The van der Waals surface area contributed by atoms with Crippen LogP contribution in [-0.2, 0) is 6.54 Å². The van der Waals surface area contributed by atoms with Crippen molar-refractivity contribution < 1.29 is 4.79 Å². The van der Waals surface area contributed by atoms with Crippen molar-refractivity contribution in [1.29, 1.82) is 0 Å². The SMILES string of the molecule is O=C(c1ccc(Cl)nc1)N(Cc1ccccc1)C1CC1. The summed E-state index contributed by atoms with van der Waals surface area (Å²) in [5.74, 6) is 0.0283. The van der Waals surface area contributed by atoms with Crippen LogP contribution >= 0.6 is 11.6 Å². The van der Waals surface area contributed by atoms with Crippen LogP contribution in [0.4, 0.5) is 0 Å². The molecule has 0 N–H and O–H groups in total. The van der Waals surface area contributed by atoms with E-state index in [4.69, 9.17) is 11.6 Å². The van der Waals surface area contributed by atoms with E-state index in [1.165, 1.54) is 0 Å². The van der Waals surface area contributed by atoms with Gasteiger partial charge in [0.1, 0.15) is 5.15 Å². The molecule has 4 heteroatoms. The lowest BCUT2D eigenvalue weighted by Crippen LogP contribution is -2.32. The topological polar surface area (TPSA) is 33.2 Å².